The largest absolute Gasteiger partial charge is 0.465 e. The fourth-order valence-corrected chi connectivity index (χ4v) is 4.66. The number of ether oxygens (including phenoxy) is 2. The highest BCUT2D eigenvalue weighted by Gasteiger charge is 2.25. The molecular weight excluding hydrogens is 394 g/mol. The number of carbonyl (C=O) groups excluding carboxylic acids is 2. The van der Waals surface area contributed by atoms with Crippen LogP contribution in [0.15, 0.2) is 53.4 Å². The lowest BCUT2D eigenvalue weighted by atomic mass is 10.1. The molecule has 154 valence electrons. The van der Waals surface area contributed by atoms with Gasteiger partial charge in [-0.15, -0.1) is 0 Å². The average molecular weight is 417 g/mol. The maximum absolute atomic E-state index is 12.7. The normalized spacial score (nSPS) is 14.9. The van der Waals surface area contributed by atoms with E-state index in [0.717, 1.165) is 19.3 Å². The maximum Gasteiger partial charge on any atom is 0.337 e. The Balaban J connectivity index is 1.60. The molecule has 0 radical (unpaired) electrons. The fraction of sp³-hybridized carbons (Fsp3) is 0.333. The molecule has 0 unspecified atom stereocenters. The summed E-state index contributed by atoms with van der Waals surface area (Å²) in [7, 11) is -2.20. The molecule has 1 heterocycles. The minimum absolute atomic E-state index is 0.00277. The molecule has 1 aliphatic rings. The Morgan fingerprint density at radius 3 is 2.14 bits per heavy atom. The third-order valence-corrected chi connectivity index (χ3v) is 6.64. The fourth-order valence-electron chi connectivity index (χ4n) is 3.14. The zero-order chi connectivity index (χ0) is 20.9. The van der Waals surface area contributed by atoms with Gasteiger partial charge in [-0.3, -0.25) is 4.79 Å². The molecule has 8 heteroatoms. The Kier molecular flexibility index (Phi) is 6.66. The van der Waals surface area contributed by atoms with E-state index in [4.69, 9.17) is 4.74 Å². The first-order chi connectivity index (χ1) is 13.9. The van der Waals surface area contributed by atoms with E-state index in [9.17, 15) is 18.0 Å². The van der Waals surface area contributed by atoms with Crippen LogP contribution < -0.4 is 4.74 Å². The van der Waals surface area contributed by atoms with Crippen LogP contribution in [0.2, 0.25) is 0 Å². The number of piperidine rings is 1. The minimum Gasteiger partial charge on any atom is -0.465 e. The Bertz CT molecular complexity index is 961. The topological polar surface area (TPSA) is 90.0 Å². The number of sulfonamides is 1. The number of hydrogen-bond acceptors (Lipinski definition) is 6. The number of nitrogens with zero attached hydrogens (tertiary/aromatic N) is 1. The molecule has 0 aliphatic carbocycles. The van der Waals surface area contributed by atoms with Gasteiger partial charge in [0, 0.05) is 13.1 Å². The lowest BCUT2D eigenvalue weighted by Crippen LogP contribution is -2.35. The van der Waals surface area contributed by atoms with E-state index in [1.807, 2.05) is 0 Å². The molecule has 2 aromatic carbocycles. The number of hydrogen-bond donors (Lipinski definition) is 0. The van der Waals surface area contributed by atoms with Gasteiger partial charge >= 0.3 is 11.9 Å². The molecule has 0 aromatic heterocycles. The molecule has 29 heavy (non-hydrogen) atoms. The van der Waals surface area contributed by atoms with Crippen molar-refractivity contribution in [3.63, 3.8) is 0 Å². The summed E-state index contributed by atoms with van der Waals surface area (Å²) in [5.74, 6) is -0.642. The summed E-state index contributed by atoms with van der Waals surface area (Å²) in [6.45, 7) is 1.09. The van der Waals surface area contributed by atoms with Crippen LogP contribution in [0.25, 0.3) is 0 Å². The molecule has 0 bridgehead atoms. The van der Waals surface area contributed by atoms with E-state index in [1.165, 1.54) is 47.8 Å². The standard InChI is InChI=1S/C21H23NO6S/c1-27-21(24)17-7-9-18(10-8-17)28-20(23)15-16-5-11-19(12-6-16)29(25,26)22-13-3-2-4-14-22/h5-12H,2-4,13-15H2,1H3. The van der Waals surface area contributed by atoms with Crippen LogP contribution in [0.4, 0.5) is 0 Å². The first-order valence-corrected chi connectivity index (χ1v) is 10.8. The van der Waals surface area contributed by atoms with Crippen molar-refractivity contribution in [3.05, 3.63) is 59.7 Å². The molecule has 1 fully saturated rings. The highest BCUT2D eigenvalue weighted by molar-refractivity contribution is 7.89. The van der Waals surface area contributed by atoms with E-state index >= 15 is 0 Å². The highest BCUT2D eigenvalue weighted by Crippen LogP contribution is 2.21. The number of carbonyl (C=O) groups is 2. The van der Waals surface area contributed by atoms with Crippen LogP contribution in [0, 0.1) is 0 Å². The Morgan fingerprint density at radius 1 is 0.931 bits per heavy atom. The van der Waals surface area contributed by atoms with Gasteiger partial charge in [-0.25, -0.2) is 13.2 Å². The summed E-state index contributed by atoms with van der Waals surface area (Å²) < 4.78 is 36.7. The number of esters is 2. The van der Waals surface area contributed by atoms with Gasteiger partial charge < -0.3 is 9.47 Å². The average Bonchev–Trinajstić information content (AvgIpc) is 2.74. The molecule has 3 rings (SSSR count). The van der Waals surface area contributed by atoms with Crippen LogP contribution in [0.5, 0.6) is 5.75 Å². The van der Waals surface area contributed by atoms with Crippen LogP contribution in [0.1, 0.15) is 35.2 Å². The molecule has 1 aliphatic heterocycles. The van der Waals surface area contributed by atoms with Crippen molar-refractivity contribution in [2.24, 2.45) is 0 Å². The van der Waals surface area contributed by atoms with Crippen molar-refractivity contribution in [2.45, 2.75) is 30.6 Å². The van der Waals surface area contributed by atoms with Gasteiger partial charge in [-0.05, 0) is 54.8 Å². The van der Waals surface area contributed by atoms with Crippen molar-refractivity contribution in [1.82, 2.24) is 4.31 Å². The molecule has 0 N–H and O–H groups in total. The smallest absolute Gasteiger partial charge is 0.337 e. The van der Waals surface area contributed by atoms with Crippen LogP contribution in [-0.4, -0.2) is 44.9 Å². The predicted molar refractivity (Wildman–Crippen MR) is 106 cm³/mol. The molecule has 0 saturated carbocycles. The number of methoxy groups -OCH3 is 1. The number of benzene rings is 2. The lowest BCUT2D eigenvalue weighted by molar-refractivity contribution is -0.133. The van der Waals surface area contributed by atoms with Crippen LogP contribution in [0.3, 0.4) is 0 Å². The minimum atomic E-state index is -3.49. The monoisotopic (exact) mass is 417 g/mol. The van der Waals surface area contributed by atoms with Gasteiger partial charge in [0.15, 0.2) is 0 Å². The zero-order valence-corrected chi connectivity index (χ0v) is 17.0. The van der Waals surface area contributed by atoms with Crippen LogP contribution in [-0.2, 0) is 26.0 Å². The summed E-state index contributed by atoms with van der Waals surface area (Å²) in [6, 6.07) is 12.3. The van der Waals surface area contributed by atoms with E-state index in [1.54, 1.807) is 12.1 Å². The van der Waals surface area contributed by atoms with E-state index in [-0.39, 0.29) is 11.3 Å². The third kappa shape index (κ3) is 5.21. The van der Waals surface area contributed by atoms with Crippen molar-refractivity contribution < 1.29 is 27.5 Å². The van der Waals surface area contributed by atoms with E-state index in [0.29, 0.717) is 30.0 Å². The molecule has 0 spiro atoms. The quantitative estimate of drug-likeness (QED) is 0.530. The van der Waals surface area contributed by atoms with Crippen molar-refractivity contribution in [3.8, 4) is 5.75 Å². The molecule has 1 saturated heterocycles. The lowest BCUT2D eigenvalue weighted by Gasteiger charge is -2.25. The second kappa shape index (κ2) is 9.19. The van der Waals surface area contributed by atoms with Gasteiger partial charge in [0.05, 0.1) is 24.0 Å². The number of rotatable bonds is 6. The maximum atomic E-state index is 12.7. The molecule has 7 nitrogen and oxygen atoms in total. The molecular formula is C21H23NO6S. The van der Waals surface area contributed by atoms with Gasteiger partial charge in [0.25, 0.3) is 0 Å². The summed E-state index contributed by atoms with van der Waals surface area (Å²) in [5.41, 5.74) is 1.01. The second-order valence-corrected chi connectivity index (χ2v) is 8.71. The summed E-state index contributed by atoms with van der Waals surface area (Å²) in [4.78, 5) is 23.8. The van der Waals surface area contributed by atoms with Gasteiger partial charge in [-0.2, -0.15) is 4.31 Å². The third-order valence-electron chi connectivity index (χ3n) is 4.73. The summed E-state index contributed by atoms with van der Waals surface area (Å²) in [5, 5.41) is 0. The molecule has 2 aromatic rings. The highest BCUT2D eigenvalue weighted by atomic mass is 32.2. The van der Waals surface area contributed by atoms with Crippen molar-refractivity contribution in [2.75, 3.05) is 20.2 Å². The second-order valence-electron chi connectivity index (χ2n) is 6.78. The first kappa shape index (κ1) is 21.0. The summed E-state index contributed by atoms with van der Waals surface area (Å²) in [6.07, 6.45) is 2.81. The Labute approximate surface area is 170 Å². The van der Waals surface area contributed by atoms with Crippen LogP contribution >= 0.6 is 0 Å². The van der Waals surface area contributed by atoms with Gasteiger partial charge in [-0.1, -0.05) is 18.6 Å². The summed E-state index contributed by atoms with van der Waals surface area (Å²) >= 11 is 0. The first-order valence-electron chi connectivity index (χ1n) is 9.38. The zero-order valence-electron chi connectivity index (χ0n) is 16.2. The van der Waals surface area contributed by atoms with E-state index < -0.39 is 22.0 Å². The van der Waals surface area contributed by atoms with Gasteiger partial charge in [0.2, 0.25) is 10.0 Å². The molecule has 0 atom stereocenters. The van der Waals surface area contributed by atoms with E-state index in [2.05, 4.69) is 4.74 Å². The predicted octanol–water partition coefficient (Wildman–Crippen LogP) is 2.80. The SMILES string of the molecule is COC(=O)c1ccc(OC(=O)Cc2ccc(S(=O)(=O)N3CCCCC3)cc2)cc1. The Morgan fingerprint density at radius 2 is 1.55 bits per heavy atom. The Hall–Kier alpha value is -2.71. The van der Waals surface area contributed by atoms with Crippen molar-refractivity contribution in [1.29, 1.82) is 0 Å². The molecule has 0 amide bonds. The van der Waals surface area contributed by atoms with Gasteiger partial charge in [0.1, 0.15) is 5.75 Å². The van der Waals surface area contributed by atoms with Crippen molar-refractivity contribution >= 4 is 22.0 Å².